The monoisotopic (exact) mass is 329 g/mol. The first-order valence-corrected chi connectivity index (χ1v) is 7.90. The van der Waals surface area contributed by atoms with Gasteiger partial charge in [0.2, 0.25) is 0 Å². The number of hydrogen-bond acceptors (Lipinski definition) is 6. The molecule has 3 rings (SSSR count). The molecule has 0 saturated carbocycles. The Balaban J connectivity index is 1.70. The third kappa shape index (κ3) is 3.08. The highest BCUT2D eigenvalue weighted by Gasteiger charge is 2.21. The maximum absolute atomic E-state index is 12.3. The van der Waals surface area contributed by atoms with Gasteiger partial charge < -0.3 is 14.4 Å². The minimum atomic E-state index is -0.401. The molecule has 1 fully saturated rings. The van der Waals surface area contributed by atoms with Gasteiger partial charge in [0.25, 0.3) is 11.2 Å². The van der Waals surface area contributed by atoms with E-state index in [1.807, 2.05) is 11.8 Å². The lowest BCUT2D eigenvalue weighted by Gasteiger charge is -2.36. The van der Waals surface area contributed by atoms with Gasteiger partial charge in [-0.25, -0.2) is 4.98 Å². The van der Waals surface area contributed by atoms with E-state index in [1.54, 1.807) is 29.1 Å². The van der Waals surface area contributed by atoms with Gasteiger partial charge in [-0.3, -0.25) is 14.9 Å². The normalized spacial score (nSPS) is 14.7. The number of non-ortho nitro benzene ring substituents is 1. The van der Waals surface area contributed by atoms with Crippen LogP contribution in [0, 0.1) is 10.1 Å². The fourth-order valence-corrected chi connectivity index (χ4v) is 2.86. The number of aryl methyl sites for hydroxylation is 1. The van der Waals surface area contributed by atoms with Gasteiger partial charge >= 0.3 is 0 Å². The summed E-state index contributed by atoms with van der Waals surface area (Å²) in [6, 6.07) is 6.55. The van der Waals surface area contributed by atoms with E-state index in [2.05, 4.69) is 9.88 Å². The van der Waals surface area contributed by atoms with Gasteiger partial charge in [-0.2, -0.15) is 0 Å². The van der Waals surface area contributed by atoms with Crippen molar-refractivity contribution < 1.29 is 4.92 Å². The highest BCUT2D eigenvalue weighted by Crippen LogP contribution is 2.21. The fraction of sp³-hybridized carbons (Fsp3) is 0.375. The van der Waals surface area contributed by atoms with Crippen LogP contribution < -0.4 is 15.4 Å². The molecule has 0 bridgehead atoms. The molecule has 2 aromatic rings. The molecule has 126 valence electrons. The number of hydrogen-bond donors (Lipinski definition) is 0. The Morgan fingerprint density at radius 2 is 1.75 bits per heavy atom. The van der Waals surface area contributed by atoms with Crippen LogP contribution in [0.2, 0.25) is 0 Å². The molecule has 0 spiro atoms. The number of rotatable bonds is 4. The number of nitrogens with zero attached hydrogens (tertiary/aromatic N) is 5. The summed E-state index contributed by atoms with van der Waals surface area (Å²) in [5.74, 6) is 0.489. The van der Waals surface area contributed by atoms with Crippen molar-refractivity contribution in [1.82, 2.24) is 9.55 Å². The third-order valence-electron chi connectivity index (χ3n) is 4.24. The topological polar surface area (TPSA) is 84.5 Å². The van der Waals surface area contributed by atoms with Crippen LogP contribution in [0.25, 0.3) is 0 Å². The summed E-state index contributed by atoms with van der Waals surface area (Å²) in [5.41, 5.74) is 0.974. The lowest BCUT2D eigenvalue weighted by molar-refractivity contribution is -0.384. The molecular weight excluding hydrogens is 310 g/mol. The van der Waals surface area contributed by atoms with Gasteiger partial charge in [0.1, 0.15) is 0 Å². The molecule has 0 amide bonds. The average Bonchev–Trinajstić information content (AvgIpc) is 2.62. The van der Waals surface area contributed by atoms with Crippen molar-refractivity contribution in [2.75, 3.05) is 36.0 Å². The van der Waals surface area contributed by atoms with Crippen molar-refractivity contribution in [3.63, 3.8) is 0 Å². The number of aromatic nitrogens is 2. The van der Waals surface area contributed by atoms with Gasteiger partial charge in [-0.15, -0.1) is 0 Å². The zero-order valence-corrected chi connectivity index (χ0v) is 13.5. The summed E-state index contributed by atoms with van der Waals surface area (Å²) in [4.78, 5) is 31.0. The standard InChI is InChI=1S/C16H19N5O3/c1-2-18-8-7-17-15(16(18)22)20-11-9-19(10-12-20)13-3-5-14(6-4-13)21(23)24/h3-8H,2,9-12H2,1H3. The van der Waals surface area contributed by atoms with E-state index in [1.165, 1.54) is 12.1 Å². The molecule has 1 aromatic carbocycles. The summed E-state index contributed by atoms with van der Waals surface area (Å²) < 4.78 is 1.64. The summed E-state index contributed by atoms with van der Waals surface area (Å²) in [6.45, 7) is 5.40. The summed E-state index contributed by atoms with van der Waals surface area (Å²) in [5, 5.41) is 10.7. The van der Waals surface area contributed by atoms with Gasteiger partial charge in [-0.05, 0) is 19.1 Å². The predicted molar refractivity (Wildman–Crippen MR) is 91.7 cm³/mol. The lowest BCUT2D eigenvalue weighted by Crippen LogP contribution is -2.48. The number of nitro benzene ring substituents is 1. The smallest absolute Gasteiger partial charge is 0.293 e. The maximum atomic E-state index is 12.3. The quantitative estimate of drug-likeness (QED) is 0.624. The molecule has 2 heterocycles. The first-order chi connectivity index (χ1) is 11.6. The van der Waals surface area contributed by atoms with Gasteiger partial charge in [0.15, 0.2) is 5.82 Å². The molecule has 1 aromatic heterocycles. The molecule has 24 heavy (non-hydrogen) atoms. The Morgan fingerprint density at radius 3 is 2.33 bits per heavy atom. The number of piperazine rings is 1. The first-order valence-electron chi connectivity index (χ1n) is 7.90. The second-order valence-electron chi connectivity index (χ2n) is 5.59. The van der Waals surface area contributed by atoms with Gasteiger partial charge in [-0.1, -0.05) is 0 Å². The lowest BCUT2D eigenvalue weighted by atomic mass is 10.2. The molecule has 1 saturated heterocycles. The first kappa shape index (κ1) is 16.0. The molecule has 0 N–H and O–H groups in total. The average molecular weight is 329 g/mol. The highest BCUT2D eigenvalue weighted by atomic mass is 16.6. The fourth-order valence-electron chi connectivity index (χ4n) is 2.86. The van der Waals surface area contributed by atoms with Crippen LogP contribution in [0.5, 0.6) is 0 Å². The maximum Gasteiger partial charge on any atom is 0.293 e. The van der Waals surface area contributed by atoms with E-state index < -0.39 is 4.92 Å². The van der Waals surface area contributed by atoms with Gasteiger partial charge in [0, 0.05) is 62.9 Å². The van der Waals surface area contributed by atoms with Crippen molar-refractivity contribution in [2.45, 2.75) is 13.5 Å². The van der Waals surface area contributed by atoms with Crippen LogP contribution in [-0.4, -0.2) is 40.7 Å². The number of nitro groups is 1. The van der Waals surface area contributed by atoms with Crippen molar-refractivity contribution in [1.29, 1.82) is 0 Å². The summed E-state index contributed by atoms with van der Waals surface area (Å²) in [6.07, 6.45) is 3.35. The van der Waals surface area contributed by atoms with E-state index in [0.717, 1.165) is 18.8 Å². The molecule has 8 heteroatoms. The number of benzene rings is 1. The Morgan fingerprint density at radius 1 is 1.12 bits per heavy atom. The zero-order chi connectivity index (χ0) is 17.1. The van der Waals surface area contributed by atoms with E-state index >= 15 is 0 Å². The summed E-state index contributed by atoms with van der Waals surface area (Å²) in [7, 11) is 0. The van der Waals surface area contributed by atoms with Crippen molar-refractivity contribution >= 4 is 17.2 Å². The molecule has 1 aliphatic heterocycles. The van der Waals surface area contributed by atoms with Crippen LogP contribution in [-0.2, 0) is 6.54 Å². The molecule has 1 aliphatic rings. The van der Waals surface area contributed by atoms with Crippen LogP contribution in [0.1, 0.15) is 6.92 Å². The van der Waals surface area contributed by atoms with Gasteiger partial charge in [0.05, 0.1) is 4.92 Å². The van der Waals surface area contributed by atoms with E-state index in [9.17, 15) is 14.9 Å². The predicted octanol–water partition coefficient (Wildman–Crippen LogP) is 1.50. The minimum absolute atomic E-state index is 0.0659. The Labute approximate surface area is 139 Å². The molecule has 0 atom stereocenters. The number of anilines is 2. The SMILES string of the molecule is CCn1ccnc(N2CCN(c3ccc([N+](=O)[O-])cc3)CC2)c1=O. The summed E-state index contributed by atoms with van der Waals surface area (Å²) >= 11 is 0. The van der Waals surface area contributed by atoms with Crippen molar-refractivity contribution in [3.05, 3.63) is 57.1 Å². The third-order valence-corrected chi connectivity index (χ3v) is 4.24. The second-order valence-corrected chi connectivity index (χ2v) is 5.59. The Bertz CT molecular complexity index is 779. The van der Waals surface area contributed by atoms with E-state index in [4.69, 9.17) is 0 Å². The van der Waals surface area contributed by atoms with Crippen LogP contribution in [0.15, 0.2) is 41.5 Å². The van der Waals surface area contributed by atoms with E-state index in [0.29, 0.717) is 25.5 Å². The highest BCUT2D eigenvalue weighted by molar-refractivity contribution is 5.52. The largest absolute Gasteiger partial charge is 0.368 e. The minimum Gasteiger partial charge on any atom is -0.368 e. The van der Waals surface area contributed by atoms with E-state index in [-0.39, 0.29) is 11.2 Å². The Kier molecular flexibility index (Phi) is 4.45. The van der Waals surface area contributed by atoms with Crippen LogP contribution in [0.4, 0.5) is 17.2 Å². The molecule has 0 unspecified atom stereocenters. The molecule has 8 nitrogen and oxygen atoms in total. The molecule has 0 radical (unpaired) electrons. The van der Waals surface area contributed by atoms with Crippen molar-refractivity contribution in [3.8, 4) is 0 Å². The van der Waals surface area contributed by atoms with Crippen LogP contribution >= 0.6 is 0 Å². The molecular formula is C16H19N5O3. The van der Waals surface area contributed by atoms with Crippen molar-refractivity contribution in [2.24, 2.45) is 0 Å². The Hall–Kier alpha value is -2.90. The van der Waals surface area contributed by atoms with Crippen LogP contribution in [0.3, 0.4) is 0 Å². The second kappa shape index (κ2) is 6.69. The zero-order valence-electron chi connectivity index (χ0n) is 13.5. The molecule has 0 aliphatic carbocycles.